The van der Waals surface area contributed by atoms with Crippen molar-refractivity contribution in [3.8, 4) is 0 Å². The summed E-state index contributed by atoms with van der Waals surface area (Å²) in [5, 5.41) is 0.802. The van der Waals surface area contributed by atoms with Gasteiger partial charge in [-0.05, 0) is 12.0 Å². The first-order chi connectivity index (χ1) is 7.40. The molecule has 2 heterocycles. The molecule has 0 radical (unpaired) electrons. The van der Waals surface area contributed by atoms with Gasteiger partial charge in [0.15, 0.2) is 0 Å². The summed E-state index contributed by atoms with van der Waals surface area (Å²) in [6, 6.07) is 0. The summed E-state index contributed by atoms with van der Waals surface area (Å²) in [4.78, 5) is 10.9. The van der Waals surface area contributed by atoms with E-state index in [0.29, 0.717) is 0 Å². The van der Waals surface area contributed by atoms with E-state index in [1.807, 2.05) is 12.4 Å². The van der Waals surface area contributed by atoms with Crippen LogP contribution >= 0.6 is 15.9 Å². The molecule has 0 N–H and O–H groups in total. The number of ether oxygens (including phenoxy) is 1. The highest BCUT2D eigenvalue weighted by Gasteiger charge is 2.11. The molecule has 0 unspecified atom stereocenters. The summed E-state index contributed by atoms with van der Waals surface area (Å²) in [7, 11) is 0. The van der Waals surface area contributed by atoms with Crippen LogP contribution in [0.1, 0.15) is 12.0 Å². The highest BCUT2D eigenvalue weighted by molar-refractivity contribution is 9.08. The van der Waals surface area contributed by atoms with Gasteiger partial charge in [0.25, 0.3) is 0 Å². The SMILES string of the molecule is BrCc1cnc(N2CCCOCC2)nc1. The van der Waals surface area contributed by atoms with Crippen LogP contribution in [0.3, 0.4) is 0 Å². The minimum Gasteiger partial charge on any atom is -0.380 e. The van der Waals surface area contributed by atoms with Crippen molar-refractivity contribution in [2.75, 3.05) is 31.2 Å². The van der Waals surface area contributed by atoms with Crippen LogP contribution in [0, 0.1) is 0 Å². The Balaban J connectivity index is 2.06. The molecule has 0 bridgehead atoms. The van der Waals surface area contributed by atoms with Crippen LogP contribution in [0.2, 0.25) is 0 Å². The van der Waals surface area contributed by atoms with Gasteiger partial charge in [0.05, 0.1) is 6.61 Å². The topological polar surface area (TPSA) is 38.2 Å². The van der Waals surface area contributed by atoms with Crippen LogP contribution in [0.15, 0.2) is 12.4 Å². The van der Waals surface area contributed by atoms with Gasteiger partial charge < -0.3 is 9.64 Å². The largest absolute Gasteiger partial charge is 0.380 e. The number of nitrogens with zero attached hydrogens (tertiary/aromatic N) is 3. The van der Waals surface area contributed by atoms with Crippen LogP contribution in [0.4, 0.5) is 5.95 Å². The fraction of sp³-hybridized carbons (Fsp3) is 0.600. The highest BCUT2D eigenvalue weighted by atomic mass is 79.9. The Bertz CT molecular complexity index is 296. The molecule has 4 nitrogen and oxygen atoms in total. The van der Waals surface area contributed by atoms with Crippen LogP contribution in [0.25, 0.3) is 0 Å². The van der Waals surface area contributed by atoms with Crippen molar-refractivity contribution < 1.29 is 4.74 Å². The molecule has 15 heavy (non-hydrogen) atoms. The normalized spacial score (nSPS) is 17.5. The molecule has 2 rings (SSSR count). The summed E-state index contributed by atoms with van der Waals surface area (Å²) in [5.74, 6) is 0.810. The first kappa shape index (κ1) is 10.8. The van der Waals surface area contributed by atoms with Crippen LogP contribution in [-0.4, -0.2) is 36.3 Å². The minimum absolute atomic E-state index is 0.767. The summed E-state index contributed by atoms with van der Waals surface area (Å²) < 4.78 is 5.39. The molecule has 1 aromatic rings. The van der Waals surface area contributed by atoms with Gasteiger partial charge in [-0.15, -0.1) is 0 Å². The van der Waals surface area contributed by atoms with Crippen molar-refractivity contribution in [2.45, 2.75) is 11.8 Å². The van der Waals surface area contributed by atoms with Gasteiger partial charge in [-0.2, -0.15) is 0 Å². The van der Waals surface area contributed by atoms with Gasteiger partial charge in [0, 0.05) is 37.4 Å². The first-order valence-electron chi connectivity index (χ1n) is 5.10. The van der Waals surface area contributed by atoms with Crippen molar-refractivity contribution >= 4 is 21.9 Å². The molecular weight excluding hydrogens is 258 g/mol. The lowest BCUT2D eigenvalue weighted by Gasteiger charge is -2.18. The molecular formula is C10H14BrN3O. The molecule has 0 amide bonds. The van der Waals surface area contributed by atoms with Crippen molar-refractivity contribution in [1.29, 1.82) is 0 Å². The van der Waals surface area contributed by atoms with Crippen molar-refractivity contribution in [1.82, 2.24) is 9.97 Å². The number of hydrogen-bond donors (Lipinski definition) is 0. The molecule has 0 aromatic carbocycles. The zero-order valence-corrected chi connectivity index (χ0v) is 10.1. The van der Waals surface area contributed by atoms with Gasteiger partial charge in [-0.3, -0.25) is 0 Å². The maximum atomic E-state index is 5.39. The van der Waals surface area contributed by atoms with E-state index in [2.05, 4.69) is 30.8 Å². The maximum absolute atomic E-state index is 5.39. The Labute approximate surface area is 97.8 Å². The fourth-order valence-electron chi connectivity index (χ4n) is 1.53. The zero-order chi connectivity index (χ0) is 10.5. The lowest BCUT2D eigenvalue weighted by molar-refractivity contribution is 0.152. The zero-order valence-electron chi connectivity index (χ0n) is 8.53. The Kier molecular flexibility index (Phi) is 3.91. The summed E-state index contributed by atoms with van der Waals surface area (Å²) >= 11 is 3.38. The van der Waals surface area contributed by atoms with E-state index in [4.69, 9.17) is 4.74 Å². The van der Waals surface area contributed by atoms with Crippen LogP contribution in [0.5, 0.6) is 0 Å². The molecule has 1 aliphatic rings. The Hall–Kier alpha value is -0.680. The average Bonchev–Trinajstić information content (AvgIpc) is 2.58. The van der Waals surface area contributed by atoms with Crippen molar-refractivity contribution in [2.24, 2.45) is 0 Å². The summed E-state index contributed by atoms with van der Waals surface area (Å²) in [6.07, 6.45) is 4.77. The maximum Gasteiger partial charge on any atom is 0.225 e. The third-order valence-electron chi connectivity index (χ3n) is 2.35. The van der Waals surface area contributed by atoms with E-state index >= 15 is 0 Å². The molecule has 1 fully saturated rings. The van der Waals surface area contributed by atoms with Gasteiger partial charge in [0.1, 0.15) is 0 Å². The smallest absolute Gasteiger partial charge is 0.225 e. The summed E-state index contributed by atoms with van der Waals surface area (Å²) in [5.41, 5.74) is 1.10. The highest BCUT2D eigenvalue weighted by Crippen LogP contribution is 2.11. The minimum atomic E-state index is 0.767. The van der Waals surface area contributed by atoms with E-state index in [1.54, 1.807) is 0 Å². The lowest BCUT2D eigenvalue weighted by Crippen LogP contribution is -2.27. The third kappa shape index (κ3) is 2.89. The van der Waals surface area contributed by atoms with Gasteiger partial charge in [-0.1, -0.05) is 15.9 Å². The van der Waals surface area contributed by atoms with Gasteiger partial charge in [-0.25, -0.2) is 9.97 Å². The van der Waals surface area contributed by atoms with E-state index < -0.39 is 0 Å². The number of halogens is 1. The molecule has 5 heteroatoms. The molecule has 0 spiro atoms. The number of hydrogen-bond acceptors (Lipinski definition) is 4. The van der Waals surface area contributed by atoms with E-state index in [9.17, 15) is 0 Å². The number of alkyl halides is 1. The fourth-order valence-corrected chi connectivity index (χ4v) is 1.82. The second-order valence-electron chi connectivity index (χ2n) is 3.48. The van der Waals surface area contributed by atoms with E-state index in [-0.39, 0.29) is 0 Å². The van der Waals surface area contributed by atoms with Crippen molar-refractivity contribution in [3.63, 3.8) is 0 Å². The summed E-state index contributed by atoms with van der Waals surface area (Å²) in [6.45, 7) is 3.47. The quantitative estimate of drug-likeness (QED) is 0.766. The predicted molar refractivity (Wildman–Crippen MR) is 62.3 cm³/mol. The lowest BCUT2D eigenvalue weighted by atomic mass is 10.4. The van der Waals surface area contributed by atoms with E-state index in [0.717, 1.165) is 49.6 Å². The standard InChI is InChI=1S/C10H14BrN3O/c11-6-9-7-12-10(13-8-9)14-2-1-4-15-5-3-14/h7-8H,1-6H2. The molecule has 0 atom stereocenters. The number of aromatic nitrogens is 2. The molecule has 1 saturated heterocycles. The van der Waals surface area contributed by atoms with Crippen molar-refractivity contribution in [3.05, 3.63) is 18.0 Å². The number of rotatable bonds is 2. The molecule has 0 saturated carbocycles. The van der Waals surface area contributed by atoms with Gasteiger partial charge in [0.2, 0.25) is 5.95 Å². The second kappa shape index (κ2) is 5.42. The Morgan fingerprint density at radius 1 is 1.27 bits per heavy atom. The Morgan fingerprint density at radius 3 is 2.80 bits per heavy atom. The third-order valence-corrected chi connectivity index (χ3v) is 3.00. The first-order valence-corrected chi connectivity index (χ1v) is 6.22. The second-order valence-corrected chi connectivity index (χ2v) is 4.04. The predicted octanol–water partition coefficient (Wildman–Crippen LogP) is 1.60. The van der Waals surface area contributed by atoms with Crippen LogP contribution in [-0.2, 0) is 10.1 Å². The molecule has 1 aromatic heterocycles. The molecule has 0 aliphatic carbocycles. The Morgan fingerprint density at radius 2 is 2.07 bits per heavy atom. The van der Waals surface area contributed by atoms with Crippen LogP contribution < -0.4 is 4.90 Å². The van der Waals surface area contributed by atoms with E-state index in [1.165, 1.54) is 0 Å². The number of anilines is 1. The monoisotopic (exact) mass is 271 g/mol. The molecule has 1 aliphatic heterocycles. The van der Waals surface area contributed by atoms with Gasteiger partial charge >= 0.3 is 0 Å². The average molecular weight is 272 g/mol. The molecule has 82 valence electrons.